The van der Waals surface area contributed by atoms with Gasteiger partial charge in [-0.25, -0.2) is 4.79 Å². The van der Waals surface area contributed by atoms with Gasteiger partial charge < -0.3 is 4.74 Å². The van der Waals surface area contributed by atoms with Crippen molar-refractivity contribution in [1.82, 2.24) is 4.90 Å². The van der Waals surface area contributed by atoms with Crippen molar-refractivity contribution in [2.75, 3.05) is 30.1 Å². The van der Waals surface area contributed by atoms with E-state index in [9.17, 15) is 19.2 Å². The minimum Gasteiger partial charge on any atom is -0.454 e. The van der Waals surface area contributed by atoms with Gasteiger partial charge in [-0.3, -0.25) is 24.2 Å². The molecular weight excluding hydrogens is 430 g/mol. The summed E-state index contributed by atoms with van der Waals surface area (Å²) in [5.74, 6) is -2.04. The fourth-order valence-corrected chi connectivity index (χ4v) is 3.84. The number of hydrogen-bond donors (Lipinski definition) is 0. The molecule has 0 aliphatic carbocycles. The SMILES string of the molecule is CSCCC(C(=O)OCC(=O)N(CC#N)c1ccccc1)N1C(=O)c2ccccc2C1=O. The molecule has 3 rings (SSSR count). The van der Waals surface area contributed by atoms with Gasteiger partial charge >= 0.3 is 5.97 Å². The molecule has 1 aliphatic rings. The number of nitriles is 1. The van der Waals surface area contributed by atoms with E-state index in [2.05, 4.69) is 0 Å². The van der Waals surface area contributed by atoms with Gasteiger partial charge in [0.15, 0.2) is 6.61 Å². The Morgan fingerprint density at radius 3 is 2.22 bits per heavy atom. The molecule has 0 radical (unpaired) electrons. The molecule has 0 saturated carbocycles. The molecule has 1 unspecified atom stereocenters. The van der Waals surface area contributed by atoms with E-state index in [0.717, 1.165) is 4.90 Å². The van der Waals surface area contributed by atoms with Crippen molar-refractivity contribution in [3.8, 4) is 6.07 Å². The topological polar surface area (TPSA) is 108 Å². The van der Waals surface area contributed by atoms with Gasteiger partial charge in [0.05, 0.1) is 17.2 Å². The second-order valence-electron chi connectivity index (χ2n) is 6.90. The van der Waals surface area contributed by atoms with Gasteiger partial charge in [0.25, 0.3) is 17.7 Å². The Morgan fingerprint density at radius 2 is 1.66 bits per heavy atom. The molecular formula is C23H21N3O5S. The third kappa shape index (κ3) is 4.81. The Morgan fingerprint density at radius 1 is 1.06 bits per heavy atom. The number of para-hydroxylation sites is 1. The summed E-state index contributed by atoms with van der Waals surface area (Å²) in [5.41, 5.74) is 0.967. The maximum absolute atomic E-state index is 12.9. The molecule has 9 heteroatoms. The van der Waals surface area contributed by atoms with Crippen molar-refractivity contribution in [3.05, 3.63) is 65.7 Å². The quantitative estimate of drug-likeness (QED) is 0.327. The van der Waals surface area contributed by atoms with Gasteiger partial charge in [0, 0.05) is 5.69 Å². The maximum atomic E-state index is 12.9. The van der Waals surface area contributed by atoms with Crippen LogP contribution in [-0.4, -0.2) is 59.8 Å². The second kappa shape index (κ2) is 10.6. The van der Waals surface area contributed by atoms with Crippen molar-refractivity contribution in [3.63, 3.8) is 0 Å². The number of benzene rings is 2. The summed E-state index contributed by atoms with van der Waals surface area (Å²) in [6.07, 6.45) is 2.04. The van der Waals surface area contributed by atoms with E-state index in [-0.39, 0.29) is 24.1 Å². The Hall–Kier alpha value is -3.64. The van der Waals surface area contributed by atoms with Crippen LogP contribution in [0.5, 0.6) is 0 Å². The van der Waals surface area contributed by atoms with Gasteiger partial charge in [-0.15, -0.1) is 0 Å². The number of thioether (sulfide) groups is 1. The van der Waals surface area contributed by atoms with Gasteiger partial charge in [0.2, 0.25) is 0 Å². The number of carbonyl (C=O) groups is 4. The Balaban J connectivity index is 1.74. The number of rotatable bonds is 9. The molecule has 2 aromatic rings. The molecule has 0 spiro atoms. The molecule has 2 aromatic carbocycles. The fourth-order valence-electron chi connectivity index (χ4n) is 3.38. The molecule has 8 nitrogen and oxygen atoms in total. The van der Waals surface area contributed by atoms with E-state index in [1.165, 1.54) is 28.8 Å². The Kier molecular flexibility index (Phi) is 7.63. The van der Waals surface area contributed by atoms with Crippen LogP contribution in [0.15, 0.2) is 54.6 Å². The average molecular weight is 452 g/mol. The number of nitrogens with zero attached hydrogens (tertiary/aromatic N) is 3. The highest BCUT2D eigenvalue weighted by Gasteiger charge is 2.43. The number of esters is 1. The summed E-state index contributed by atoms with van der Waals surface area (Å²) < 4.78 is 5.22. The normalized spacial score (nSPS) is 13.3. The van der Waals surface area contributed by atoms with Crippen LogP contribution in [0.1, 0.15) is 27.1 Å². The van der Waals surface area contributed by atoms with Crippen LogP contribution >= 0.6 is 11.8 Å². The molecule has 0 aromatic heterocycles. The van der Waals surface area contributed by atoms with Crippen molar-refractivity contribution in [1.29, 1.82) is 5.26 Å². The molecule has 1 atom stereocenters. The van der Waals surface area contributed by atoms with E-state index in [1.807, 2.05) is 12.3 Å². The molecule has 164 valence electrons. The maximum Gasteiger partial charge on any atom is 0.329 e. The third-order valence-electron chi connectivity index (χ3n) is 4.94. The molecule has 0 N–H and O–H groups in total. The van der Waals surface area contributed by atoms with E-state index in [0.29, 0.717) is 11.4 Å². The molecule has 0 saturated heterocycles. The lowest BCUT2D eigenvalue weighted by Crippen LogP contribution is -2.47. The van der Waals surface area contributed by atoms with Crippen LogP contribution in [0.2, 0.25) is 0 Å². The molecule has 1 heterocycles. The predicted molar refractivity (Wildman–Crippen MR) is 119 cm³/mol. The van der Waals surface area contributed by atoms with E-state index in [1.54, 1.807) is 42.5 Å². The molecule has 0 fully saturated rings. The van der Waals surface area contributed by atoms with Gasteiger partial charge in [-0.2, -0.15) is 17.0 Å². The third-order valence-corrected chi connectivity index (χ3v) is 5.58. The van der Waals surface area contributed by atoms with Crippen molar-refractivity contribution in [2.45, 2.75) is 12.5 Å². The average Bonchev–Trinajstić information content (AvgIpc) is 3.07. The number of hydrogen-bond acceptors (Lipinski definition) is 7. The summed E-state index contributed by atoms with van der Waals surface area (Å²) in [7, 11) is 0. The molecule has 1 aliphatic heterocycles. The minimum absolute atomic E-state index is 0.195. The smallest absolute Gasteiger partial charge is 0.329 e. The first-order valence-electron chi connectivity index (χ1n) is 9.84. The number of carbonyl (C=O) groups excluding carboxylic acids is 4. The summed E-state index contributed by atoms with van der Waals surface area (Å²) in [6, 6.07) is 15.7. The fraction of sp³-hybridized carbons (Fsp3) is 0.261. The number of imide groups is 1. The standard InChI is InChI=1S/C23H21N3O5S/c1-32-14-11-19(26-21(28)17-9-5-6-10-18(17)22(26)29)23(30)31-15-20(27)25(13-12-24)16-7-3-2-4-8-16/h2-10,19H,11,13-15H2,1H3. The highest BCUT2D eigenvalue weighted by atomic mass is 32.2. The lowest BCUT2D eigenvalue weighted by molar-refractivity contribution is -0.151. The van der Waals surface area contributed by atoms with E-state index in [4.69, 9.17) is 10.00 Å². The van der Waals surface area contributed by atoms with Crippen LogP contribution in [-0.2, 0) is 14.3 Å². The van der Waals surface area contributed by atoms with Gasteiger partial charge in [0.1, 0.15) is 12.6 Å². The minimum atomic E-state index is -1.15. The zero-order chi connectivity index (χ0) is 23.1. The largest absolute Gasteiger partial charge is 0.454 e. The van der Waals surface area contributed by atoms with Gasteiger partial charge in [-0.05, 0) is 42.7 Å². The summed E-state index contributed by atoms with van der Waals surface area (Å²) in [4.78, 5) is 53.3. The lowest BCUT2D eigenvalue weighted by atomic mass is 10.1. The van der Waals surface area contributed by atoms with Crippen LogP contribution in [0.25, 0.3) is 0 Å². The first-order valence-corrected chi connectivity index (χ1v) is 11.2. The highest BCUT2D eigenvalue weighted by molar-refractivity contribution is 7.98. The van der Waals surface area contributed by atoms with Crippen LogP contribution in [0.3, 0.4) is 0 Å². The van der Waals surface area contributed by atoms with Crippen molar-refractivity contribution >= 4 is 41.1 Å². The summed E-state index contributed by atoms with van der Waals surface area (Å²) in [6.45, 7) is -0.830. The first kappa shape index (κ1) is 23.0. The molecule has 3 amide bonds. The summed E-state index contributed by atoms with van der Waals surface area (Å²) in [5, 5.41) is 9.06. The van der Waals surface area contributed by atoms with Gasteiger partial charge in [-0.1, -0.05) is 30.3 Å². The number of anilines is 1. The number of ether oxygens (including phenoxy) is 1. The molecule has 32 heavy (non-hydrogen) atoms. The highest BCUT2D eigenvalue weighted by Crippen LogP contribution is 2.26. The van der Waals surface area contributed by atoms with Crippen molar-refractivity contribution in [2.24, 2.45) is 0 Å². The first-order chi connectivity index (χ1) is 15.5. The van der Waals surface area contributed by atoms with Crippen LogP contribution < -0.4 is 4.90 Å². The van der Waals surface area contributed by atoms with Crippen LogP contribution in [0.4, 0.5) is 5.69 Å². The predicted octanol–water partition coefficient (Wildman–Crippen LogP) is 2.50. The van der Waals surface area contributed by atoms with Crippen molar-refractivity contribution < 1.29 is 23.9 Å². The number of fused-ring (bicyclic) bond motifs is 1. The Bertz CT molecular complexity index is 1030. The van der Waals surface area contributed by atoms with E-state index < -0.39 is 36.3 Å². The second-order valence-corrected chi connectivity index (χ2v) is 7.89. The monoisotopic (exact) mass is 451 g/mol. The van der Waals surface area contributed by atoms with Crippen LogP contribution in [0, 0.1) is 11.3 Å². The zero-order valence-electron chi connectivity index (χ0n) is 17.4. The number of amides is 3. The zero-order valence-corrected chi connectivity index (χ0v) is 18.2. The Labute approximate surface area is 189 Å². The molecule has 0 bridgehead atoms. The summed E-state index contributed by atoms with van der Waals surface area (Å²) >= 11 is 1.46. The lowest BCUT2D eigenvalue weighted by Gasteiger charge is -2.25. The van der Waals surface area contributed by atoms with E-state index >= 15 is 0 Å².